The highest BCUT2D eigenvalue weighted by atomic mass is 79.9. The molecule has 0 bridgehead atoms. The van der Waals surface area contributed by atoms with Gasteiger partial charge >= 0.3 is 0 Å². The lowest BCUT2D eigenvalue weighted by Gasteiger charge is -2.08. The van der Waals surface area contributed by atoms with Gasteiger partial charge in [0.2, 0.25) is 0 Å². The highest BCUT2D eigenvalue weighted by Crippen LogP contribution is 2.32. The highest BCUT2D eigenvalue weighted by molar-refractivity contribution is 9.10. The first-order chi connectivity index (χ1) is 16.0. The molecule has 0 radical (unpaired) electrons. The number of nitrogens with zero attached hydrogens (tertiary/aromatic N) is 2. The Morgan fingerprint density at radius 2 is 1.85 bits per heavy atom. The average molecular weight is 557 g/mol. The van der Waals surface area contributed by atoms with E-state index in [1.165, 1.54) is 11.8 Å². The van der Waals surface area contributed by atoms with Crippen molar-refractivity contribution in [1.82, 2.24) is 9.88 Å². The standard InChI is InChI=1S/C25H16BrCl2N3OS/c26-17-6-9-19(10-7-17)29-25-30-24(32)23(33-25)11-16-14-31(22-4-2-1-3-20(16)22)13-15-5-8-18(27)12-21(15)28/h1-12,14H,13H2,(H,29,30,32)/b23-11-. The zero-order valence-electron chi connectivity index (χ0n) is 17.1. The molecule has 2 heterocycles. The van der Waals surface area contributed by atoms with Crippen molar-refractivity contribution < 1.29 is 4.79 Å². The number of aliphatic imine (C=N–C) groups is 1. The van der Waals surface area contributed by atoms with Gasteiger partial charge in [-0.15, -0.1) is 0 Å². The van der Waals surface area contributed by atoms with Crippen molar-refractivity contribution in [3.63, 3.8) is 0 Å². The average Bonchev–Trinajstić information content (AvgIpc) is 3.32. The zero-order chi connectivity index (χ0) is 22.9. The summed E-state index contributed by atoms with van der Waals surface area (Å²) in [6.07, 6.45) is 3.95. The van der Waals surface area contributed by atoms with Crippen LogP contribution in [0.4, 0.5) is 5.69 Å². The van der Waals surface area contributed by atoms with Crippen molar-refractivity contribution >= 4 is 84.6 Å². The van der Waals surface area contributed by atoms with Gasteiger partial charge in [0, 0.05) is 43.7 Å². The lowest BCUT2D eigenvalue weighted by molar-refractivity contribution is -0.115. The number of para-hydroxylation sites is 1. The smallest absolute Gasteiger partial charge is 0.264 e. The van der Waals surface area contributed by atoms with E-state index < -0.39 is 0 Å². The summed E-state index contributed by atoms with van der Waals surface area (Å²) in [5.74, 6) is -0.159. The number of hydrogen-bond acceptors (Lipinski definition) is 3. The molecule has 1 fully saturated rings. The Morgan fingerprint density at radius 3 is 2.64 bits per heavy atom. The summed E-state index contributed by atoms with van der Waals surface area (Å²) in [4.78, 5) is 17.8. The number of thioether (sulfide) groups is 1. The second-order valence-electron chi connectivity index (χ2n) is 7.42. The Kier molecular flexibility index (Phi) is 6.34. The molecule has 0 unspecified atom stereocenters. The maximum Gasteiger partial charge on any atom is 0.264 e. The minimum absolute atomic E-state index is 0.159. The van der Waals surface area contributed by atoms with Gasteiger partial charge in [0.1, 0.15) is 0 Å². The normalized spacial score (nSPS) is 16.2. The Bertz CT molecular complexity index is 1440. The molecule has 1 amide bonds. The van der Waals surface area contributed by atoms with Crippen LogP contribution < -0.4 is 5.32 Å². The number of rotatable bonds is 4. The number of fused-ring (bicyclic) bond motifs is 1. The highest BCUT2D eigenvalue weighted by Gasteiger charge is 2.24. The van der Waals surface area contributed by atoms with E-state index >= 15 is 0 Å². The molecule has 4 nitrogen and oxygen atoms in total. The van der Waals surface area contributed by atoms with Crippen LogP contribution in [0.1, 0.15) is 11.1 Å². The number of nitrogens with one attached hydrogen (secondary N) is 1. The predicted molar refractivity (Wildman–Crippen MR) is 142 cm³/mol. The third-order valence-corrected chi connectivity index (χ3v) is 7.20. The van der Waals surface area contributed by atoms with Gasteiger partial charge in [-0.05, 0) is 65.9 Å². The maximum atomic E-state index is 12.6. The molecular weight excluding hydrogens is 541 g/mol. The largest absolute Gasteiger partial charge is 0.342 e. The zero-order valence-corrected chi connectivity index (χ0v) is 21.0. The molecule has 1 aliphatic heterocycles. The van der Waals surface area contributed by atoms with Crippen molar-refractivity contribution in [2.45, 2.75) is 6.54 Å². The van der Waals surface area contributed by atoms with E-state index in [2.05, 4.69) is 42.9 Å². The first kappa shape index (κ1) is 22.3. The van der Waals surface area contributed by atoms with Crippen LogP contribution in [-0.2, 0) is 11.3 Å². The monoisotopic (exact) mass is 555 g/mol. The van der Waals surface area contributed by atoms with E-state index in [0.29, 0.717) is 26.7 Å². The number of amides is 1. The molecule has 0 atom stereocenters. The quantitative estimate of drug-likeness (QED) is 0.262. The molecule has 4 aromatic rings. The van der Waals surface area contributed by atoms with Gasteiger partial charge in [-0.3, -0.25) is 4.79 Å². The lowest BCUT2D eigenvalue weighted by atomic mass is 10.1. The van der Waals surface area contributed by atoms with Gasteiger partial charge in [-0.25, -0.2) is 4.99 Å². The molecule has 164 valence electrons. The molecule has 1 saturated heterocycles. The van der Waals surface area contributed by atoms with E-state index in [4.69, 9.17) is 23.2 Å². The number of halogens is 3. The maximum absolute atomic E-state index is 12.6. The molecule has 5 rings (SSSR count). The second kappa shape index (κ2) is 9.39. The first-order valence-corrected chi connectivity index (χ1v) is 12.4. The number of carbonyl (C=O) groups excluding carboxylic acids is 1. The number of amidine groups is 1. The van der Waals surface area contributed by atoms with Gasteiger partial charge in [0.25, 0.3) is 5.91 Å². The summed E-state index contributed by atoms with van der Waals surface area (Å²) in [5, 5.41) is 5.70. The van der Waals surface area contributed by atoms with Crippen LogP contribution in [0.3, 0.4) is 0 Å². The minimum Gasteiger partial charge on any atom is -0.342 e. The van der Waals surface area contributed by atoms with Gasteiger partial charge in [-0.2, -0.15) is 0 Å². The predicted octanol–water partition coefficient (Wildman–Crippen LogP) is 7.65. The third kappa shape index (κ3) is 4.89. The van der Waals surface area contributed by atoms with Crippen molar-refractivity contribution in [1.29, 1.82) is 0 Å². The van der Waals surface area contributed by atoms with Crippen LogP contribution in [0, 0.1) is 0 Å². The van der Waals surface area contributed by atoms with Gasteiger partial charge in [0.05, 0.1) is 10.6 Å². The summed E-state index contributed by atoms with van der Waals surface area (Å²) in [6.45, 7) is 0.593. The van der Waals surface area contributed by atoms with E-state index in [1.807, 2.05) is 60.8 Å². The minimum atomic E-state index is -0.159. The lowest BCUT2D eigenvalue weighted by Crippen LogP contribution is -2.19. The topological polar surface area (TPSA) is 46.4 Å². The molecule has 1 aromatic heterocycles. The van der Waals surface area contributed by atoms with Crippen molar-refractivity contribution in [2.75, 3.05) is 0 Å². The number of aromatic nitrogens is 1. The fraction of sp³-hybridized carbons (Fsp3) is 0.0400. The van der Waals surface area contributed by atoms with E-state index in [0.717, 1.165) is 32.2 Å². The number of hydrogen-bond donors (Lipinski definition) is 1. The molecule has 8 heteroatoms. The fourth-order valence-electron chi connectivity index (χ4n) is 3.61. The molecule has 3 aromatic carbocycles. The summed E-state index contributed by atoms with van der Waals surface area (Å²) in [6, 6.07) is 21.2. The summed E-state index contributed by atoms with van der Waals surface area (Å²) >= 11 is 17.2. The van der Waals surface area contributed by atoms with Crippen molar-refractivity contribution in [3.8, 4) is 0 Å². The van der Waals surface area contributed by atoms with E-state index in [9.17, 15) is 4.79 Å². The van der Waals surface area contributed by atoms with Crippen LogP contribution in [0.5, 0.6) is 0 Å². The SMILES string of the molecule is O=C1NC(=Nc2ccc(Br)cc2)S/C1=C\c1cn(Cc2ccc(Cl)cc2Cl)c2ccccc12. The van der Waals surface area contributed by atoms with Gasteiger partial charge in [-0.1, -0.05) is 63.4 Å². The Labute approximate surface area is 213 Å². The molecule has 33 heavy (non-hydrogen) atoms. The summed E-state index contributed by atoms with van der Waals surface area (Å²) in [5.41, 5.74) is 3.76. The van der Waals surface area contributed by atoms with Crippen molar-refractivity contribution in [2.24, 2.45) is 4.99 Å². The molecule has 0 aliphatic carbocycles. The van der Waals surface area contributed by atoms with Gasteiger partial charge in [0.15, 0.2) is 5.17 Å². The van der Waals surface area contributed by atoms with Crippen LogP contribution in [0.15, 0.2) is 87.3 Å². The van der Waals surface area contributed by atoms with E-state index in [1.54, 1.807) is 6.07 Å². The molecule has 1 N–H and O–H groups in total. The fourth-order valence-corrected chi connectivity index (χ4v) is 5.17. The van der Waals surface area contributed by atoms with Crippen LogP contribution in [0.2, 0.25) is 10.0 Å². The van der Waals surface area contributed by atoms with Crippen LogP contribution >= 0.6 is 50.9 Å². The van der Waals surface area contributed by atoms with Crippen LogP contribution in [0.25, 0.3) is 17.0 Å². The van der Waals surface area contributed by atoms with Crippen LogP contribution in [-0.4, -0.2) is 15.6 Å². The number of benzene rings is 3. The molecule has 0 saturated carbocycles. The molecule has 1 aliphatic rings. The second-order valence-corrected chi connectivity index (χ2v) is 10.2. The Balaban J connectivity index is 1.47. The van der Waals surface area contributed by atoms with Crippen molar-refractivity contribution in [3.05, 3.63) is 103 Å². The summed E-state index contributed by atoms with van der Waals surface area (Å²) < 4.78 is 3.11. The van der Waals surface area contributed by atoms with Gasteiger partial charge < -0.3 is 9.88 Å². The molecular formula is C25H16BrCl2N3OS. The Hall–Kier alpha value is -2.51. The third-order valence-electron chi connectivity index (χ3n) is 5.17. The summed E-state index contributed by atoms with van der Waals surface area (Å²) in [7, 11) is 0. The first-order valence-electron chi connectivity index (χ1n) is 10.0. The van der Waals surface area contributed by atoms with E-state index in [-0.39, 0.29) is 5.91 Å². The Morgan fingerprint density at radius 1 is 1.06 bits per heavy atom. The number of carbonyl (C=O) groups is 1. The molecule has 0 spiro atoms.